The highest BCUT2D eigenvalue weighted by molar-refractivity contribution is 8.63. The molecule has 0 amide bonds. The van der Waals surface area contributed by atoms with E-state index in [1.54, 1.807) is 18.4 Å². The van der Waals surface area contributed by atoms with Crippen LogP contribution in [0.5, 0.6) is 0 Å². The fourth-order valence-corrected chi connectivity index (χ4v) is 15.9. The Kier molecular flexibility index (Phi) is 25.1. The second kappa shape index (κ2) is 22.2. The number of hydrogen-bond acceptors (Lipinski definition) is 7. The summed E-state index contributed by atoms with van der Waals surface area (Å²) in [5.41, 5.74) is -2.34. The standard InChI is InChI=1S/C11H23O2PS2.C11H24O2.P2S5/c1-9(2)5-11(6-10(3)4)7-12-14(15,16)13-8-11;1-9(2)5-11(7-12,8-13)6-10(3)4;3-1-2-5-7-6-4/h9-10H,5-8H2,1-4H3,(H,15,16);9-10,12-13H,5-8H2,1-4H3;. The maximum absolute atomic E-state index is 9.31. The van der Waals surface area contributed by atoms with Gasteiger partial charge in [-0.25, -0.2) is 0 Å². The minimum Gasteiger partial charge on any atom is -0.396 e. The van der Waals surface area contributed by atoms with Crippen molar-refractivity contribution >= 4 is 94.1 Å². The Bertz CT molecular complexity index is 753. The third kappa shape index (κ3) is 21.3. The zero-order chi connectivity index (χ0) is 28.4. The van der Waals surface area contributed by atoms with Crippen LogP contribution < -0.4 is 0 Å². The molecule has 0 aromatic rings. The van der Waals surface area contributed by atoms with Gasteiger partial charge in [0, 0.05) is 24.9 Å². The Morgan fingerprint density at radius 3 is 1.61 bits per heavy atom. The lowest BCUT2D eigenvalue weighted by molar-refractivity contribution is 0.00730. The van der Waals surface area contributed by atoms with E-state index >= 15 is 0 Å². The Balaban J connectivity index is 0. The van der Waals surface area contributed by atoms with E-state index in [9.17, 15) is 10.2 Å². The van der Waals surface area contributed by atoms with Gasteiger partial charge in [-0.2, -0.15) is 0 Å². The first-order valence-corrected chi connectivity index (χ1v) is 24.4. The van der Waals surface area contributed by atoms with Crippen molar-refractivity contribution in [2.24, 2.45) is 34.5 Å². The third-order valence-electron chi connectivity index (χ3n) is 5.23. The van der Waals surface area contributed by atoms with Crippen molar-refractivity contribution in [2.45, 2.75) is 81.1 Å². The molecule has 216 valence electrons. The topological polar surface area (TPSA) is 58.9 Å². The molecule has 1 fully saturated rings. The van der Waals surface area contributed by atoms with Crippen molar-refractivity contribution in [1.29, 1.82) is 0 Å². The molecule has 2 N–H and O–H groups in total. The lowest BCUT2D eigenvalue weighted by Gasteiger charge is -2.41. The second-order valence-corrected chi connectivity index (χ2v) is 26.1. The van der Waals surface area contributed by atoms with E-state index in [1.165, 1.54) is 15.9 Å². The Hall–Kier alpha value is 2.54. The Morgan fingerprint density at radius 1 is 0.917 bits per heavy atom. The fraction of sp³-hybridized carbons (Fsp3) is 1.00. The van der Waals surface area contributed by atoms with Gasteiger partial charge in [-0.1, -0.05) is 67.6 Å². The summed E-state index contributed by atoms with van der Waals surface area (Å²) in [6.07, 6.45) is 4.07. The van der Waals surface area contributed by atoms with E-state index in [2.05, 4.69) is 90.6 Å². The molecule has 0 spiro atoms. The molecular weight excluding hydrogens is 646 g/mol. The summed E-state index contributed by atoms with van der Waals surface area (Å²) in [6, 6.07) is 0. The van der Waals surface area contributed by atoms with Crippen LogP contribution in [0.3, 0.4) is 0 Å². The predicted octanol–water partition coefficient (Wildman–Crippen LogP) is 8.03. The van der Waals surface area contributed by atoms with Gasteiger partial charge in [-0.05, 0) is 111 Å². The van der Waals surface area contributed by atoms with Gasteiger partial charge in [0.2, 0.25) is 5.69 Å². The highest BCUT2D eigenvalue weighted by atomic mass is 33.3. The van der Waals surface area contributed by atoms with Gasteiger partial charge in [0.1, 0.15) is 0 Å². The van der Waals surface area contributed by atoms with Gasteiger partial charge < -0.3 is 19.3 Å². The van der Waals surface area contributed by atoms with Crippen LogP contribution in [0.15, 0.2) is 0 Å². The average molecular weight is 693 g/mol. The molecule has 0 aromatic carbocycles. The SMILES string of the molecule is CC(C)CC(CO)(CO)CC(C)C.CC(C)CC1(CC(C)C)COP(=S)(S)OC1.S=PP=S=S=S=S. The number of thiol groups is 1. The summed E-state index contributed by atoms with van der Waals surface area (Å²) in [4.78, 5) is 0. The van der Waals surface area contributed by atoms with Crippen LogP contribution in [0, 0.1) is 34.5 Å². The molecule has 1 aliphatic rings. The van der Waals surface area contributed by atoms with E-state index in [0.717, 1.165) is 32.7 Å². The van der Waals surface area contributed by atoms with Crippen LogP contribution >= 0.6 is 32.0 Å². The van der Waals surface area contributed by atoms with Crippen molar-refractivity contribution in [2.75, 3.05) is 26.4 Å². The lowest BCUT2D eigenvalue weighted by Crippen LogP contribution is -2.37. The fourth-order valence-electron chi connectivity index (χ4n) is 4.73. The zero-order valence-electron chi connectivity index (χ0n) is 22.9. The normalized spacial score (nSPS) is 17.0. The second-order valence-electron chi connectivity index (χ2n) is 11.1. The Morgan fingerprint density at radius 2 is 1.33 bits per heavy atom. The predicted molar refractivity (Wildman–Crippen MR) is 183 cm³/mol. The first kappa shape index (κ1) is 40.7. The van der Waals surface area contributed by atoms with Crippen LogP contribution in [-0.2, 0) is 71.1 Å². The smallest absolute Gasteiger partial charge is 0.244 e. The number of aliphatic hydroxyl groups is 2. The van der Waals surface area contributed by atoms with Crippen LogP contribution in [0.4, 0.5) is 0 Å². The van der Waals surface area contributed by atoms with E-state index < -0.39 is 5.69 Å². The molecule has 0 atom stereocenters. The molecule has 1 aliphatic heterocycles. The van der Waals surface area contributed by atoms with Crippen molar-refractivity contribution < 1.29 is 19.3 Å². The summed E-state index contributed by atoms with van der Waals surface area (Å²) in [6.45, 7) is 19.1. The van der Waals surface area contributed by atoms with Crippen molar-refractivity contribution in [3.8, 4) is 0 Å². The molecule has 4 nitrogen and oxygen atoms in total. The third-order valence-corrected chi connectivity index (χ3v) is 17.5. The van der Waals surface area contributed by atoms with Gasteiger partial charge in [0.25, 0.3) is 0 Å². The van der Waals surface area contributed by atoms with Gasteiger partial charge in [0.05, 0.1) is 26.4 Å². The van der Waals surface area contributed by atoms with Crippen molar-refractivity contribution in [3.63, 3.8) is 0 Å². The first-order chi connectivity index (χ1) is 16.6. The van der Waals surface area contributed by atoms with Crippen LogP contribution in [0.25, 0.3) is 0 Å². The van der Waals surface area contributed by atoms with E-state index in [1.807, 2.05) is 0 Å². The van der Waals surface area contributed by atoms with Crippen LogP contribution in [0.2, 0.25) is 0 Å². The molecule has 0 saturated carbocycles. The van der Waals surface area contributed by atoms with E-state index in [4.69, 9.17) is 20.9 Å². The molecular formula is C22H47O4P3S7. The van der Waals surface area contributed by atoms with Crippen LogP contribution in [-0.4, -0.2) is 36.6 Å². The Labute approximate surface area is 253 Å². The van der Waals surface area contributed by atoms with Gasteiger partial charge in [-0.3, -0.25) is 0 Å². The highest BCUT2D eigenvalue weighted by Gasteiger charge is 2.39. The largest absolute Gasteiger partial charge is 0.396 e. The highest BCUT2D eigenvalue weighted by Crippen LogP contribution is 2.59. The molecule has 1 heterocycles. The van der Waals surface area contributed by atoms with Crippen LogP contribution in [0.1, 0.15) is 81.1 Å². The first-order valence-electron chi connectivity index (χ1n) is 12.1. The monoisotopic (exact) mass is 692 g/mol. The molecule has 0 bridgehead atoms. The minimum absolute atomic E-state index is 0.0971. The lowest BCUT2D eigenvalue weighted by atomic mass is 9.75. The maximum Gasteiger partial charge on any atom is 0.244 e. The number of rotatable bonds is 11. The molecule has 0 aromatic heterocycles. The summed E-state index contributed by atoms with van der Waals surface area (Å²) >= 11 is 18.6. The summed E-state index contributed by atoms with van der Waals surface area (Å²) < 4.78 is 11.3. The summed E-state index contributed by atoms with van der Waals surface area (Å²) in [7, 11) is 6.83. The molecule has 1 saturated heterocycles. The zero-order valence-corrected chi connectivity index (χ0v) is 31.4. The van der Waals surface area contributed by atoms with Crippen molar-refractivity contribution in [1.82, 2.24) is 0 Å². The molecule has 0 aliphatic carbocycles. The molecule has 14 heteroatoms. The molecule has 36 heavy (non-hydrogen) atoms. The minimum atomic E-state index is -2.23. The maximum atomic E-state index is 9.31. The molecule has 0 radical (unpaired) electrons. The van der Waals surface area contributed by atoms with E-state index in [-0.39, 0.29) is 24.0 Å². The quantitative estimate of drug-likeness (QED) is 0.150. The summed E-state index contributed by atoms with van der Waals surface area (Å²) in [5, 5.41) is 18.6. The van der Waals surface area contributed by atoms with Crippen molar-refractivity contribution in [3.05, 3.63) is 0 Å². The average Bonchev–Trinajstić information content (AvgIpc) is 2.75. The number of hydrogen-bond donors (Lipinski definition) is 3. The summed E-state index contributed by atoms with van der Waals surface area (Å²) in [5.74, 6) is 2.36. The van der Waals surface area contributed by atoms with Gasteiger partial charge in [0.15, 0.2) is 0 Å². The molecule has 1 rings (SSSR count). The molecule has 0 unspecified atom stereocenters. The van der Waals surface area contributed by atoms with Gasteiger partial charge in [-0.15, -0.1) is 0 Å². The van der Waals surface area contributed by atoms with Gasteiger partial charge >= 0.3 is 0 Å². The number of aliphatic hydroxyl groups excluding tert-OH is 2. The van der Waals surface area contributed by atoms with E-state index in [0.29, 0.717) is 36.9 Å².